The number of hydrogen-bond donors (Lipinski definition) is 1. The quantitative estimate of drug-likeness (QED) is 0.330. The van der Waals surface area contributed by atoms with E-state index in [1.807, 2.05) is 24.3 Å². The first-order valence-electron chi connectivity index (χ1n) is 16.5. The summed E-state index contributed by atoms with van der Waals surface area (Å²) in [5, 5.41) is 10.1. The van der Waals surface area contributed by atoms with Crippen molar-refractivity contribution < 1.29 is 24.1 Å². The molecule has 8 heteroatoms. The number of benzene rings is 2. The molecule has 4 atom stereocenters. The van der Waals surface area contributed by atoms with Gasteiger partial charge in [0.15, 0.2) is 0 Å². The van der Waals surface area contributed by atoms with E-state index in [1.165, 1.54) is 16.7 Å². The smallest absolute Gasteiger partial charge is 0.312 e. The van der Waals surface area contributed by atoms with E-state index in [2.05, 4.69) is 54.0 Å². The Morgan fingerprint density at radius 2 is 1.93 bits per heavy atom. The van der Waals surface area contributed by atoms with Crippen LogP contribution in [0.1, 0.15) is 54.4 Å². The number of nitrogens with zero attached hydrogens (tertiary/aromatic N) is 3. The third kappa shape index (κ3) is 5.62. The van der Waals surface area contributed by atoms with Gasteiger partial charge in [-0.05, 0) is 84.9 Å². The Labute approximate surface area is 266 Å². The number of ether oxygens (including phenoxy) is 3. The number of aliphatic carboxylic acids is 1. The van der Waals surface area contributed by atoms with Crippen LogP contribution in [-0.4, -0.2) is 79.6 Å². The zero-order valence-electron chi connectivity index (χ0n) is 26.7. The van der Waals surface area contributed by atoms with Crippen LogP contribution in [0.2, 0.25) is 0 Å². The molecule has 1 aromatic heterocycles. The van der Waals surface area contributed by atoms with Crippen molar-refractivity contribution in [1.82, 2.24) is 9.88 Å². The Morgan fingerprint density at radius 1 is 1.11 bits per heavy atom. The molecule has 8 nitrogen and oxygen atoms in total. The standard InChI is InChI=1S/C37H45N3O5/c1-24-6-4-7-30(32-8-5-9-34(38-32)40-21-28-19-37(28,36(41)42)33(40)23-43-3)35(24)45-22-26-10-11-27-12-15-39(20-25(2)31(27)18-26)29-13-16-44-17-14-29/h4-11,18,25,28-29,33H,12-17,19-23H2,1-3H3,(H,41,42)/t25-,28+,33-,37-/m1/s1. The molecule has 1 N–H and O–H groups in total. The summed E-state index contributed by atoms with van der Waals surface area (Å²) < 4.78 is 17.7. The third-order valence-corrected chi connectivity index (χ3v) is 10.8. The van der Waals surface area contributed by atoms with Crippen LogP contribution in [-0.2, 0) is 27.3 Å². The van der Waals surface area contributed by atoms with E-state index in [0.717, 1.165) is 74.0 Å². The van der Waals surface area contributed by atoms with Crippen LogP contribution in [0.15, 0.2) is 54.6 Å². The van der Waals surface area contributed by atoms with Gasteiger partial charge in [0, 0.05) is 51.6 Å². The first-order chi connectivity index (χ1) is 21.9. The Morgan fingerprint density at radius 3 is 2.73 bits per heavy atom. The summed E-state index contributed by atoms with van der Waals surface area (Å²) in [6.45, 7) is 9.90. The molecule has 0 bridgehead atoms. The van der Waals surface area contributed by atoms with Crippen molar-refractivity contribution in [3.8, 4) is 17.0 Å². The molecule has 7 rings (SSSR count). The fourth-order valence-corrected chi connectivity index (χ4v) is 8.22. The van der Waals surface area contributed by atoms with Gasteiger partial charge in [0.2, 0.25) is 0 Å². The van der Waals surface area contributed by atoms with Gasteiger partial charge >= 0.3 is 5.97 Å². The predicted octanol–water partition coefficient (Wildman–Crippen LogP) is 5.70. The van der Waals surface area contributed by atoms with Crippen LogP contribution in [0.5, 0.6) is 5.75 Å². The number of aryl methyl sites for hydroxylation is 1. The second-order valence-electron chi connectivity index (χ2n) is 13.5. The Hall–Kier alpha value is -3.46. The van der Waals surface area contributed by atoms with E-state index in [4.69, 9.17) is 19.2 Å². The minimum atomic E-state index is -0.736. The lowest BCUT2D eigenvalue weighted by Gasteiger charge is -2.34. The molecule has 4 aliphatic rings. The molecular weight excluding hydrogens is 566 g/mol. The van der Waals surface area contributed by atoms with Gasteiger partial charge < -0.3 is 24.2 Å². The van der Waals surface area contributed by atoms with Gasteiger partial charge in [-0.25, -0.2) is 4.98 Å². The zero-order chi connectivity index (χ0) is 31.1. The number of para-hydroxylation sites is 1. The maximum atomic E-state index is 12.3. The van der Waals surface area contributed by atoms with Gasteiger partial charge in [-0.1, -0.05) is 43.3 Å². The van der Waals surface area contributed by atoms with Crippen molar-refractivity contribution >= 4 is 11.8 Å². The van der Waals surface area contributed by atoms with E-state index >= 15 is 0 Å². The van der Waals surface area contributed by atoms with Crippen molar-refractivity contribution in [3.63, 3.8) is 0 Å². The maximum absolute atomic E-state index is 12.3. The lowest BCUT2D eigenvalue weighted by atomic mass is 9.93. The van der Waals surface area contributed by atoms with E-state index < -0.39 is 11.4 Å². The highest BCUT2D eigenvalue weighted by atomic mass is 16.5. The minimum Gasteiger partial charge on any atom is -0.488 e. The van der Waals surface area contributed by atoms with Gasteiger partial charge in [-0.2, -0.15) is 0 Å². The van der Waals surface area contributed by atoms with Crippen LogP contribution in [0.25, 0.3) is 11.3 Å². The fourth-order valence-electron chi connectivity index (χ4n) is 8.22. The zero-order valence-corrected chi connectivity index (χ0v) is 26.7. The van der Waals surface area contributed by atoms with Crippen molar-refractivity contribution in [3.05, 3.63) is 76.9 Å². The highest BCUT2D eigenvalue weighted by Gasteiger charge is 2.71. The molecule has 238 valence electrons. The van der Waals surface area contributed by atoms with Gasteiger partial charge in [0.05, 0.1) is 23.8 Å². The Balaban J connectivity index is 1.10. The summed E-state index contributed by atoms with van der Waals surface area (Å²) in [7, 11) is 1.64. The molecule has 0 unspecified atom stereocenters. The normalized spacial score (nSPS) is 26.6. The topological polar surface area (TPSA) is 84.4 Å². The Kier molecular flexibility index (Phi) is 8.31. The molecule has 45 heavy (non-hydrogen) atoms. The van der Waals surface area contributed by atoms with Crippen molar-refractivity contribution in [1.29, 1.82) is 0 Å². The molecule has 0 amide bonds. The molecule has 2 aromatic carbocycles. The molecule has 3 fully saturated rings. The number of piperidine rings is 1. The van der Waals surface area contributed by atoms with Crippen LogP contribution in [0.3, 0.4) is 0 Å². The van der Waals surface area contributed by atoms with Crippen LogP contribution < -0.4 is 9.64 Å². The lowest BCUT2D eigenvalue weighted by Crippen LogP contribution is -2.43. The molecule has 0 radical (unpaired) electrons. The largest absolute Gasteiger partial charge is 0.488 e. The number of methoxy groups -OCH3 is 1. The van der Waals surface area contributed by atoms with Crippen molar-refractivity contribution in [2.75, 3.05) is 51.5 Å². The molecule has 3 aromatic rings. The van der Waals surface area contributed by atoms with Crippen LogP contribution >= 0.6 is 0 Å². The first kappa shape index (κ1) is 30.2. The minimum absolute atomic E-state index is 0.132. The average Bonchev–Trinajstić information content (AvgIpc) is 3.74. The van der Waals surface area contributed by atoms with E-state index in [0.29, 0.717) is 38.1 Å². The second-order valence-corrected chi connectivity index (χ2v) is 13.5. The molecule has 4 heterocycles. The van der Waals surface area contributed by atoms with Gasteiger partial charge in [0.1, 0.15) is 18.2 Å². The number of carboxylic acids is 1. The van der Waals surface area contributed by atoms with Gasteiger partial charge in [0.25, 0.3) is 0 Å². The summed E-state index contributed by atoms with van der Waals surface area (Å²) in [5.74, 6) is 1.48. The number of hydrogen-bond acceptors (Lipinski definition) is 7. The average molecular weight is 612 g/mol. The van der Waals surface area contributed by atoms with E-state index in [1.54, 1.807) is 7.11 Å². The molecule has 1 aliphatic carbocycles. The maximum Gasteiger partial charge on any atom is 0.312 e. The number of anilines is 1. The first-order valence-corrected chi connectivity index (χ1v) is 16.5. The van der Waals surface area contributed by atoms with E-state index in [9.17, 15) is 9.90 Å². The SMILES string of the molecule is COC[C@H]1N(c2cccc(-c3cccc(C)c3OCc3ccc4c(c3)[C@H](C)CN(C3CCOCC3)CC4)n2)C[C@@H]2C[C@@]21C(=O)O. The Bertz CT molecular complexity index is 1550. The molecule has 0 spiro atoms. The number of pyridine rings is 1. The molecule has 1 saturated carbocycles. The number of carboxylic acid groups (broad SMARTS) is 1. The van der Waals surface area contributed by atoms with Crippen LogP contribution in [0, 0.1) is 18.3 Å². The summed E-state index contributed by atoms with van der Waals surface area (Å²) in [5.41, 5.74) is 6.14. The highest BCUT2D eigenvalue weighted by Crippen LogP contribution is 2.62. The predicted molar refractivity (Wildman–Crippen MR) is 174 cm³/mol. The summed E-state index contributed by atoms with van der Waals surface area (Å²) >= 11 is 0. The van der Waals surface area contributed by atoms with Gasteiger partial charge in [-0.3, -0.25) is 9.69 Å². The number of carbonyl (C=O) groups is 1. The van der Waals surface area contributed by atoms with Gasteiger partial charge in [-0.15, -0.1) is 0 Å². The lowest BCUT2D eigenvalue weighted by molar-refractivity contribution is -0.144. The summed E-state index contributed by atoms with van der Waals surface area (Å²) in [4.78, 5) is 22.1. The summed E-state index contributed by atoms with van der Waals surface area (Å²) in [6.07, 6.45) is 4.05. The summed E-state index contributed by atoms with van der Waals surface area (Å²) in [6, 6.07) is 19.4. The molecular formula is C37H45N3O5. The highest BCUT2D eigenvalue weighted by molar-refractivity contribution is 5.82. The van der Waals surface area contributed by atoms with E-state index in [-0.39, 0.29) is 12.0 Å². The number of fused-ring (bicyclic) bond motifs is 2. The fraction of sp³-hybridized carbons (Fsp3) is 0.514. The van der Waals surface area contributed by atoms with Crippen molar-refractivity contribution in [2.24, 2.45) is 11.3 Å². The molecule has 2 saturated heterocycles. The number of rotatable bonds is 9. The third-order valence-electron chi connectivity index (χ3n) is 10.8. The second kappa shape index (κ2) is 12.4. The van der Waals surface area contributed by atoms with Crippen LogP contribution in [0.4, 0.5) is 5.82 Å². The molecule has 3 aliphatic heterocycles. The monoisotopic (exact) mass is 611 g/mol. The van der Waals surface area contributed by atoms with Crippen molar-refractivity contribution in [2.45, 2.75) is 64.1 Å². The number of aromatic nitrogens is 1.